The van der Waals surface area contributed by atoms with E-state index in [0.717, 1.165) is 26.6 Å². The summed E-state index contributed by atoms with van der Waals surface area (Å²) in [5.41, 5.74) is 2.02. The van der Waals surface area contributed by atoms with Crippen LogP contribution in [0.2, 0.25) is 0 Å². The fraction of sp³-hybridized carbons (Fsp3) is 0.235. The number of carbonyl (C=O) groups is 1. The topological polar surface area (TPSA) is 82.1 Å². The van der Waals surface area contributed by atoms with Crippen LogP contribution in [-0.2, 0) is 0 Å². The first-order valence-electron chi connectivity index (χ1n) is 7.39. The van der Waals surface area contributed by atoms with E-state index in [1.807, 2.05) is 39.1 Å². The second kappa shape index (κ2) is 5.90. The number of fused-ring (bicyclic) bond motifs is 1. The molecule has 7 heteroatoms. The van der Waals surface area contributed by atoms with E-state index < -0.39 is 11.6 Å². The van der Waals surface area contributed by atoms with Crippen LogP contribution in [0, 0.1) is 0 Å². The number of rotatable bonds is 2. The minimum Gasteiger partial charge on any atom is -0.465 e. The second-order valence-electron chi connectivity index (χ2n) is 6.45. The molecule has 3 heterocycles. The van der Waals surface area contributed by atoms with Gasteiger partial charge in [0.25, 0.3) is 0 Å². The van der Waals surface area contributed by atoms with Crippen molar-refractivity contribution >= 4 is 38.9 Å². The van der Waals surface area contributed by atoms with Gasteiger partial charge in [0.1, 0.15) is 11.5 Å². The molecule has 6 nitrogen and oxygen atoms in total. The molecule has 0 aliphatic rings. The SMILES string of the molecule is CC(C)(C)N(C(=O)O)c1ccc(-c2cnc3[nH]cc(Br)c3c2)cn1. The maximum Gasteiger partial charge on any atom is 0.413 e. The number of pyridine rings is 2. The molecule has 3 aromatic rings. The van der Waals surface area contributed by atoms with Crippen LogP contribution in [-0.4, -0.2) is 31.7 Å². The van der Waals surface area contributed by atoms with Crippen LogP contribution < -0.4 is 4.90 Å². The van der Waals surface area contributed by atoms with Gasteiger partial charge in [0.05, 0.1) is 0 Å². The van der Waals surface area contributed by atoms with Gasteiger partial charge in [-0.2, -0.15) is 0 Å². The highest BCUT2D eigenvalue weighted by atomic mass is 79.9. The van der Waals surface area contributed by atoms with Crippen LogP contribution in [0.5, 0.6) is 0 Å². The Morgan fingerprint density at radius 3 is 2.50 bits per heavy atom. The average molecular weight is 389 g/mol. The summed E-state index contributed by atoms with van der Waals surface area (Å²) in [6, 6.07) is 5.58. The van der Waals surface area contributed by atoms with Crippen LogP contribution in [0.15, 0.2) is 41.3 Å². The third kappa shape index (κ3) is 2.99. The summed E-state index contributed by atoms with van der Waals surface area (Å²) in [6.07, 6.45) is 4.25. The van der Waals surface area contributed by atoms with Gasteiger partial charge < -0.3 is 10.1 Å². The second-order valence-corrected chi connectivity index (χ2v) is 7.30. The highest BCUT2D eigenvalue weighted by Gasteiger charge is 2.28. The van der Waals surface area contributed by atoms with E-state index >= 15 is 0 Å². The Hall–Kier alpha value is -2.41. The van der Waals surface area contributed by atoms with Gasteiger partial charge in [-0.3, -0.25) is 4.90 Å². The van der Waals surface area contributed by atoms with Crippen LogP contribution in [0.25, 0.3) is 22.2 Å². The van der Waals surface area contributed by atoms with E-state index in [1.54, 1.807) is 18.5 Å². The molecule has 0 radical (unpaired) electrons. The predicted molar refractivity (Wildman–Crippen MR) is 97.3 cm³/mol. The number of H-pyrrole nitrogens is 1. The van der Waals surface area contributed by atoms with E-state index in [4.69, 9.17) is 0 Å². The molecule has 0 bridgehead atoms. The Kier molecular flexibility index (Phi) is 4.04. The maximum absolute atomic E-state index is 11.5. The normalized spacial score (nSPS) is 11.7. The Labute approximate surface area is 147 Å². The first-order valence-corrected chi connectivity index (χ1v) is 8.19. The molecule has 0 aliphatic carbocycles. The molecule has 0 saturated heterocycles. The third-order valence-electron chi connectivity index (χ3n) is 3.65. The fourth-order valence-electron chi connectivity index (χ4n) is 2.55. The molecule has 0 aromatic carbocycles. The molecule has 0 unspecified atom stereocenters. The van der Waals surface area contributed by atoms with Crippen molar-refractivity contribution in [3.8, 4) is 11.1 Å². The summed E-state index contributed by atoms with van der Waals surface area (Å²) in [4.78, 5) is 24.6. The number of aromatic amines is 1. The standard InChI is InChI=1S/C17H17BrN4O2/c1-17(2,3)22(16(23)24)14-5-4-10(7-19-14)11-6-12-13(18)9-21-15(12)20-8-11/h4-9H,1-3H3,(H,20,21)(H,23,24). The number of halogens is 1. The Bertz CT molecular complexity index is 897. The molecule has 0 atom stereocenters. The zero-order valence-electron chi connectivity index (χ0n) is 13.5. The van der Waals surface area contributed by atoms with E-state index in [9.17, 15) is 9.90 Å². The molecule has 24 heavy (non-hydrogen) atoms. The molecule has 0 aliphatic heterocycles. The van der Waals surface area contributed by atoms with Crippen molar-refractivity contribution in [2.45, 2.75) is 26.3 Å². The molecular formula is C17H17BrN4O2. The number of nitrogens with zero attached hydrogens (tertiary/aromatic N) is 3. The number of anilines is 1. The molecule has 0 saturated carbocycles. The highest BCUT2D eigenvalue weighted by molar-refractivity contribution is 9.10. The Morgan fingerprint density at radius 2 is 1.92 bits per heavy atom. The smallest absolute Gasteiger partial charge is 0.413 e. The lowest BCUT2D eigenvalue weighted by Gasteiger charge is -2.32. The van der Waals surface area contributed by atoms with E-state index in [-0.39, 0.29) is 0 Å². The highest BCUT2D eigenvalue weighted by Crippen LogP contribution is 2.29. The number of hydrogen-bond acceptors (Lipinski definition) is 3. The summed E-state index contributed by atoms with van der Waals surface area (Å²) in [7, 11) is 0. The average Bonchev–Trinajstić information content (AvgIpc) is 2.87. The van der Waals surface area contributed by atoms with Crippen molar-refractivity contribution in [1.29, 1.82) is 0 Å². The summed E-state index contributed by atoms with van der Waals surface area (Å²) in [5.74, 6) is 0.399. The van der Waals surface area contributed by atoms with Crippen LogP contribution in [0.3, 0.4) is 0 Å². The molecule has 0 spiro atoms. The minimum atomic E-state index is -1.03. The predicted octanol–water partition coefficient (Wildman–Crippen LogP) is 4.67. The number of nitrogens with one attached hydrogen (secondary N) is 1. The zero-order chi connectivity index (χ0) is 17.5. The quantitative estimate of drug-likeness (QED) is 0.667. The molecular weight excluding hydrogens is 372 g/mol. The molecule has 3 aromatic heterocycles. The lowest BCUT2D eigenvalue weighted by Crippen LogP contribution is -2.45. The minimum absolute atomic E-state index is 0.399. The van der Waals surface area contributed by atoms with E-state index in [1.165, 1.54) is 4.90 Å². The van der Waals surface area contributed by atoms with Crippen molar-refractivity contribution in [3.63, 3.8) is 0 Å². The van der Waals surface area contributed by atoms with Crippen molar-refractivity contribution in [3.05, 3.63) is 41.3 Å². The number of aromatic nitrogens is 3. The van der Waals surface area contributed by atoms with Crippen molar-refractivity contribution in [2.75, 3.05) is 4.90 Å². The van der Waals surface area contributed by atoms with Gasteiger partial charge in [-0.15, -0.1) is 0 Å². The van der Waals surface area contributed by atoms with Gasteiger partial charge in [0.2, 0.25) is 0 Å². The molecule has 0 fully saturated rings. The maximum atomic E-state index is 11.5. The first kappa shape index (κ1) is 16.4. The lowest BCUT2D eigenvalue weighted by molar-refractivity contribution is 0.195. The molecule has 124 valence electrons. The third-order valence-corrected chi connectivity index (χ3v) is 4.31. The Morgan fingerprint density at radius 1 is 1.21 bits per heavy atom. The zero-order valence-corrected chi connectivity index (χ0v) is 15.1. The van der Waals surface area contributed by atoms with Crippen LogP contribution >= 0.6 is 15.9 Å². The lowest BCUT2D eigenvalue weighted by atomic mass is 10.1. The number of amides is 1. The monoisotopic (exact) mass is 388 g/mol. The van der Waals surface area contributed by atoms with E-state index in [2.05, 4.69) is 30.9 Å². The van der Waals surface area contributed by atoms with Gasteiger partial charge >= 0.3 is 6.09 Å². The largest absolute Gasteiger partial charge is 0.465 e. The molecule has 3 rings (SSSR count). The van der Waals surface area contributed by atoms with Gasteiger partial charge in [0.15, 0.2) is 0 Å². The van der Waals surface area contributed by atoms with Gasteiger partial charge in [-0.1, -0.05) is 0 Å². The van der Waals surface area contributed by atoms with Gasteiger partial charge in [-0.05, 0) is 54.9 Å². The van der Waals surface area contributed by atoms with E-state index in [0.29, 0.717) is 5.82 Å². The molecule has 1 amide bonds. The van der Waals surface area contributed by atoms with Crippen molar-refractivity contribution in [1.82, 2.24) is 15.0 Å². The number of hydrogen-bond donors (Lipinski definition) is 2. The summed E-state index contributed by atoms with van der Waals surface area (Å²) in [5, 5.41) is 10.4. The fourth-order valence-corrected chi connectivity index (χ4v) is 2.96. The van der Waals surface area contributed by atoms with Gasteiger partial charge in [-0.25, -0.2) is 14.8 Å². The summed E-state index contributed by atoms with van der Waals surface area (Å²) in [6.45, 7) is 5.49. The van der Waals surface area contributed by atoms with Crippen LogP contribution in [0.4, 0.5) is 10.6 Å². The summed E-state index contributed by atoms with van der Waals surface area (Å²) < 4.78 is 0.946. The number of carboxylic acid groups (broad SMARTS) is 1. The molecule has 2 N–H and O–H groups in total. The van der Waals surface area contributed by atoms with Crippen molar-refractivity contribution < 1.29 is 9.90 Å². The first-order chi connectivity index (χ1) is 11.3. The van der Waals surface area contributed by atoms with Crippen LogP contribution in [0.1, 0.15) is 20.8 Å². The van der Waals surface area contributed by atoms with Gasteiger partial charge in [0, 0.05) is 45.1 Å². The van der Waals surface area contributed by atoms with Crippen molar-refractivity contribution in [2.24, 2.45) is 0 Å². The Balaban J connectivity index is 1.98. The summed E-state index contributed by atoms with van der Waals surface area (Å²) >= 11 is 3.48.